The van der Waals surface area contributed by atoms with Crippen molar-refractivity contribution < 1.29 is 14.3 Å². The maximum atomic E-state index is 11.3. The van der Waals surface area contributed by atoms with Gasteiger partial charge in [0.2, 0.25) is 0 Å². The Kier molecular flexibility index (Phi) is 4.06. The molecule has 1 N–H and O–H groups in total. The third kappa shape index (κ3) is 2.67. The Morgan fingerprint density at radius 1 is 1.30 bits per heavy atom. The van der Waals surface area contributed by atoms with E-state index in [1.54, 1.807) is 14.2 Å². The summed E-state index contributed by atoms with van der Waals surface area (Å²) in [5.41, 5.74) is 3.03. The van der Waals surface area contributed by atoms with Gasteiger partial charge in [-0.2, -0.15) is 0 Å². The molecular weight excluding hydrogens is 294 g/mol. The Hall–Kier alpha value is -2.76. The summed E-state index contributed by atoms with van der Waals surface area (Å²) in [5.74, 6) is 0.791. The van der Waals surface area contributed by atoms with Gasteiger partial charge in [0.05, 0.1) is 30.4 Å². The van der Waals surface area contributed by atoms with Crippen molar-refractivity contribution in [1.29, 1.82) is 0 Å². The minimum absolute atomic E-state index is 0.282. The van der Waals surface area contributed by atoms with Crippen LogP contribution in [0.3, 0.4) is 0 Å². The van der Waals surface area contributed by atoms with E-state index in [1.165, 1.54) is 0 Å². The monoisotopic (exact) mass is 313 g/mol. The number of hydrogen-bond donors (Lipinski definition) is 1. The van der Waals surface area contributed by atoms with Crippen LogP contribution in [0.1, 0.15) is 5.69 Å². The second-order valence-electron chi connectivity index (χ2n) is 5.21. The molecule has 0 fully saturated rings. The predicted molar refractivity (Wildman–Crippen MR) is 88.9 cm³/mol. The van der Waals surface area contributed by atoms with Gasteiger partial charge in [-0.3, -0.25) is 4.98 Å². The molecule has 23 heavy (non-hydrogen) atoms. The van der Waals surface area contributed by atoms with E-state index in [0.29, 0.717) is 6.54 Å². The van der Waals surface area contributed by atoms with Crippen LogP contribution in [0.15, 0.2) is 30.5 Å². The normalized spacial score (nSPS) is 10.9. The van der Waals surface area contributed by atoms with E-state index in [1.807, 2.05) is 37.4 Å². The molecule has 120 valence electrons. The highest BCUT2D eigenvalue weighted by atomic mass is 16.5. The quantitative estimate of drug-likeness (QED) is 0.804. The molecule has 6 nitrogen and oxygen atoms in total. The average Bonchev–Trinajstić information content (AvgIpc) is 2.89. The van der Waals surface area contributed by atoms with Crippen LogP contribution in [0, 0.1) is 6.92 Å². The molecule has 0 atom stereocenters. The summed E-state index contributed by atoms with van der Waals surface area (Å²) in [6.45, 7) is 2.81. The predicted octanol–water partition coefficient (Wildman–Crippen LogP) is 2.86. The summed E-state index contributed by atoms with van der Waals surface area (Å²) in [6, 6.07) is 8.00. The lowest BCUT2D eigenvalue weighted by Gasteiger charge is -2.10. The van der Waals surface area contributed by atoms with Crippen LogP contribution in [-0.4, -0.2) is 36.4 Å². The topological polar surface area (TPSA) is 65.4 Å². The first-order valence-corrected chi connectivity index (χ1v) is 7.41. The van der Waals surface area contributed by atoms with E-state index in [0.717, 1.165) is 33.2 Å². The fourth-order valence-electron chi connectivity index (χ4n) is 2.86. The van der Waals surface area contributed by atoms with Gasteiger partial charge < -0.3 is 19.4 Å². The third-order valence-electron chi connectivity index (χ3n) is 3.92. The Morgan fingerprint density at radius 3 is 2.87 bits per heavy atom. The molecule has 0 saturated heterocycles. The van der Waals surface area contributed by atoms with Gasteiger partial charge in [0.15, 0.2) is 0 Å². The summed E-state index contributed by atoms with van der Waals surface area (Å²) >= 11 is 0. The molecule has 0 aliphatic heterocycles. The number of amides is 1. The van der Waals surface area contributed by atoms with Gasteiger partial charge >= 0.3 is 6.09 Å². The molecule has 0 unspecified atom stereocenters. The number of aryl methyl sites for hydroxylation is 1. The van der Waals surface area contributed by atoms with Crippen LogP contribution >= 0.6 is 0 Å². The molecule has 0 aliphatic carbocycles. The number of hydrogen-bond acceptors (Lipinski definition) is 4. The molecule has 0 spiro atoms. The zero-order valence-corrected chi connectivity index (χ0v) is 13.4. The summed E-state index contributed by atoms with van der Waals surface area (Å²) in [4.78, 5) is 15.7. The first kappa shape index (κ1) is 15.1. The first-order valence-electron chi connectivity index (χ1n) is 7.41. The maximum Gasteiger partial charge on any atom is 0.406 e. The minimum Gasteiger partial charge on any atom is -0.497 e. The van der Waals surface area contributed by atoms with Crippen LogP contribution in [-0.2, 0) is 11.3 Å². The van der Waals surface area contributed by atoms with Crippen molar-refractivity contribution in [3.63, 3.8) is 0 Å². The average molecular weight is 313 g/mol. The lowest BCUT2D eigenvalue weighted by atomic mass is 10.1. The lowest BCUT2D eigenvalue weighted by molar-refractivity contribution is 0.145. The highest BCUT2D eigenvalue weighted by Crippen LogP contribution is 2.32. The van der Waals surface area contributed by atoms with E-state index in [4.69, 9.17) is 9.47 Å². The number of carbonyl (C=O) groups is 1. The molecule has 3 aromatic rings. The van der Waals surface area contributed by atoms with Crippen molar-refractivity contribution in [1.82, 2.24) is 14.9 Å². The zero-order valence-electron chi connectivity index (χ0n) is 13.4. The number of aromatic nitrogens is 2. The van der Waals surface area contributed by atoms with E-state index in [9.17, 15) is 4.79 Å². The molecule has 0 bridgehead atoms. The van der Waals surface area contributed by atoms with Crippen LogP contribution in [0.5, 0.6) is 5.75 Å². The highest BCUT2D eigenvalue weighted by Gasteiger charge is 2.14. The van der Waals surface area contributed by atoms with Gasteiger partial charge in [-0.25, -0.2) is 4.79 Å². The van der Waals surface area contributed by atoms with Crippen molar-refractivity contribution in [3.05, 3.63) is 36.2 Å². The standard InChI is InChI=1S/C17H19N3O3/c1-11-16-14(6-7-19-11)13-5-4-12(22-3)10-15(13)20(16)8-9-23-17(21)18-2/h4-7,10H,8-9H2,1-3H3,(H,18,21). The number of pyridine rings is 1. The maximum absolute atomic E-state index is 11.3. The van der Waals surface area contributed by atoms with Crippen molar-refractivity contribution >= 4 is 27.9 Å². The number of methoxy groups -OCH3 is 1. The van der Waals surface area contributed by atoms with Crippen molar-refractivity contribution in [2.75, 3.05) is 20.8 Å². The summed E-state index contributed by atoms with van der Waals surface area (Å²) in [5, 5.41) is 4.71. The molecule has 0 radical (unpaired) electrons. The summed E-state index contributed by atoms with van der Waals surface area (Å²) in [7, 11) is 3.19. The molecule has 2 aromatic heterocycles. The van der Waals surface area contributed by atoms with Gasteiger partial charge in [-0.05, 0) is 25.1 Å². The molecule has 1 amide bonds. The van der Waals surface area contributed by atoms with Gasteiger partial charge in [0, 0.05) is 30.1 Å². The van der Waals surface area contributed by atoms with Gasteiger partial charge in [-0.1, -0.05) is 0 Å². The zero-order chi connectivity index (χ0) is 16.4. The fourth-order valence-corrected chi connectivity index (χ4v) is 2.86. The van der Waals surface area contributed by atoms with Gasteiger partial charge in [0.25, 0.3) is 0 Å². The first-order chi connectivity index (χ1) is 11.2. The molecule has 0 saturated carbocycles. The highest BCUT2D eigenvalue weighted by molar-refractivity contribution is 6.09. The number of nitrogens with zero attached hydrogens (tertiary/aromatic N) is 2. The molecular formula is C17H19N3O3. The van der Waals surface area contributed by atoms with E-state index in [2.05, 4.69) is 14.9 Å². The summed E-state index contributed by atoms with van der Waals surface area (Å²) < 4.78 is 12.6. The second-order valence-corrected chi connectivity index (χ2v) is 5.21. The number of nitrogens with one attached hydrogen (secondary N) is 1. The minimum atomic E-state index is -0.432. The van der Waals surface area contributed by atoms with E-state index < -0.39 is 6.09 Å². The third-order valence-corrected chi connectivity index (χ3v) is 3.92. The Bertz CT molecular complexity index is 870. The summed E-state index contributed by atoms with van der Waals surface area (Å²) in [6.07, 6.45) is 1.38. The Labute approximate surface area is 134 Å². The molecule has 3 rings (SSSR count). The van der Waals surface area contributed by atoms with E-state index in [-0.39, 0.29) is 6.61 Å². The van der Waals surface area contributed by atoms with Crippen molar-refractivity contribution in [3.8, 4) is 5.75 Å². The lowest BCUT2D eigenvalue weighted by Crippen LogP contribution is -2.21. The van der Waals surface area contributed by atoms with Gasteiger partial charge in [0.1, 0.15) is 12.4 Å². The number of alkyl carbamates (subject to hydrolysis) is 1. The SMILES string of the molecule is CNC(=O)OCCn1c2cc(OC)ccc2c2ccnc(C)c21. The molecule has 6 heteroatoms. The second kappa shape index (κ2) is 6.16. The van der Waals surface area contributed by atoms with Crippen LogP contribution in [0.25, 0.3) is 21.8 Å². The number of ether oxygens (including phenoxy) is 2. The number of fused-ring (bicyclic) bond motifs is 3. The molecule has 0 aliphatic rings. The van der Waals surface area contributed by atoms with Crippen LogP contribution in [0.2, 0.25) is 0 Å². The Morgan fingerprint density at radius 2 is 2.13 bits per heavy atom. The molecule has 1 aromatic carbocycles. The number of rotatable bonds is 4. The van der Waals surface area contributed by atoms with Crippen molar-refractivity contribution in [2.24, 2.45) is 0 Å². The van der Waals surface area contributed by atoms with Crippen LogP contribution in [0.4, 0.5) is 4.79 Å². The largest absolute Gasteiger partial charge is 0.497 e. The van der Waals surface area contributed by atoms with E-state index >= 15 is 0 Å². The van der Waals surface area contributed by atoms with Crippen LogP contribution < -0.4 is 10.1 Å². The van der Waals surface area contributed by atoms with Crippen molar-refractivity contribution in [2.45, 2.75) is 13.5 Å². The fraction of sp³-hybridized carbons (Fsp3) is 0.294. The smallest absolute Gasteiger partial charge is 0.406 e. The molecule has 2 heterocycles. The van der Waals surface area contributed by atoms with Gasteiger partial charge in [-0.15, -0.1) is 0 Å². The number of carbonyl (C=O) groups excluding carboxylic acids is 1. The Balaban J connectivity index is 2.12. The number of benzene rings is 1.